The number of esters is 1. The maximum absolute atomic E-state index is 14.8. The first-order chi connectivity index (χ1) is 32.9. The second kappa shape index (κ2) is 27.2. The monoisotopic (exact) mass is 1080 g/mol. The van der Waals surface area contributed by atoms with Gasteiger partial charge < -0.3 is 39.2 Å². The number of nitrogens with one attached hydrogen (secondary N) is 2. The normalized spacial score (nSPS) is 19.2. The van der Waals surface area contributed by atoms with Gasteiger partial charge in [-0.1, -0.05) is 45.9 Å². The highest BCUT2D eigenvalue weighted by Crippen LogP contribution is 2.41. The molecule has 2 fully saturated rings. The van der Waals surface area contributed by atoms with Gasteiger partial charge >= 0.3 is 5.97 Å². The fourth-order valence-corrected chi connectivity index (χ4v) is 10.2. The van der Waals surface area contributed by atoms with E-state index in [9.17, 15) is 29.1 Å². The number of pyridine rings is 1. The summed E-state index contributed by atoms with van der Waals surface area (Å²) in [6.07, 6.45) is 8.92. The van der Waals surface area contributed by atoms with Gasteiger partial charge in [0.1, 0.15) is 23.9 Å². The minimum Gasteiger partial charge on any atom is -0.508 e. The number of carbonyl (C=O) groups excluding carboxylic acids is 5. The van der Waals surface area contributed by atoms with Crippen LogP contribution in [0.3, 0.4) is 0 Å². The van der Waals surface area contributed by atoms with Gasteiger partial charge in [0, 0.05) is 93.7 Å². The van der Waals surface area contributed by atoms with Crippen LogP contribution in [0.25, 0.3) is 33.3 Å². The van der Waals surface area contributed by atoms with E-state index in [0.717, 1.165) is 44.4 Å². The predicted octanol–water partition coefficient (Wildman–Crippen LogP) is 5.79. The SMILES string of the molecule is CCn1c(-c2cnccc2COC)c2c3cc(ccc31)-c1cc(O)cc(c1)C[C@H](NC(=O)[C@H](C(C)C)N(C)C(=O)[C@H]1CCN(C(=O)/C=C/CN(C)C)C1)C(=O)N1CCC[C@H](N1)C(=O)OCC(C)(C)C2.S.S.S.S. The number of aromatic hydroxyl groups is 1. The smallest absolute Gasteiger partial charge is 0.324 e. The second-order valence-corrected chi connectivity index (χ2v) is 20.3. The highest BCUT2D eigenvalue weighted by atomic mass is 32.1. The third-order valence-corrected chi connectivity index (χ3v) is 13.6. The lowest BCUT2D eigenvalue weighted by atomic mass is 9.84. The first-order valence-corrected chi connectivity index (χ1v) is 24.2. The lowest BCUT2D eigenvalue weighted by Crippen LogP contribution is -2.62. The van der Waals surface area contributed by atoms with E-state index in [1.807, 2.05) is 57.2 Å². The Hall–Kier alpha value is -4.70. The molecule has 2 aromatic heterocycles. The van der Waals surface area contributed by atoms with Crippen LogP contribution in [0.1, 0.15) is 70.6 Å². The van der Waals surface area contributed by atoms with Crippen molar-refractivity contribution in [3.05, 3.63) is 83.7 Å². The molecule has 2 aromatic carbocycles. The van der Waals surface area contributed by atoms with Gasteiger partial charge in [0.2, 0.25) is 17.7 Å². The zero-order valence-corrected chi connectivity index (χ0v) is 47.7. The molecule has 2 saturated heterocycles. The minimum atomic E-state index is -1.17. The van der Waals surface area contributed by atoms with Crippen LogP contribution in [0.5, 0.6) is 5.75 Å². The van der Waals surface area contributed by atoms with Gasteiger partial charge in [0.15, 0.2) is 0 Å². The summed E-state index contributed by atoms with van der Waals surface area (Å²) in [6.45, 7) is 12.7. The van der Waals surface area contributed by atoms with Crippen molar-refractivity contribution in [3.63, 3.8) is 0 Å². The second-order valence-electron chi connectivity index (χ2n) is 20.3. The van der Waals surface area contributed by atoms with Crippen LogP contribution in [0.4, 0.5) is 0 Å². The fraction of sp³-hybridized carbons (Fsp3) is 0.509. The van der Waals surface area contributed by atoms with E-state index in [1.165, 1.54) is 16.0 Å². The number of likely N-dealkylation sites (N-methyl/N-ethyl adjacent to an activating group) is 2. The standard InChI is InChI=1S/C53H70N8O8.4H2S/c1-10-60-45-16-15-35-27-40(45)41(48(60)42-29-54-19-17-37(42)31-68-9)28-53(4,5)32-69-52(67)43-13-11-21-61(56-43)51(66)44(25-34-23-38(35)26-39(62)24-34)55-49(64)47(33(2)3)58(8)50(65)36-18-22-59(30-36)46(63)14-12-20-57(6)7;;;;/h12,14-17,19,23-24,26-27,29,33,36,43-44,47,56,62H,10-11,13,18,20-22,25,28,30-32H2,1-9H3,(H,55,64);4*1H2/b14-12+;;;;/t36-,43-,44-,47-;;;;/m0..../s1. The first kappa shape index (κ1) is 62.6. The summed E-state index contributed by atoms with van der Waals surface area (Å²) in [5.41, 5.74) is 9.74. The lowest BCUT2D eigenvalue weighted by Gasteiger charge is -2.37. The summed E-state index contributed by atoms with van der Waals surface area (Å²) >= 11 is 0. The van der Waals surface area contributed by atoms with Crippen molar-refractivity contribution in [1.82, 2.24) is 40.0 Å². The zero-order valence-electron chi connectivity index (χ0n) is 43.7. The Morgan fingerprint density at radius 2 is 1.75 bits per heavy atom. The molecule has 3 aliphatic rings. The Kier molecular flexibility index (Phi) is 23.3. The third kappa shape index (κ3) is 14.6. The largest absolute Gasteiger partial charge is 0.508 e. The molecule has 16 nitrogen and oxygen atoms in total. The predicted molar refractivity (Wildman–Crippen MR) is 306 cm³/mol. The van der Waals surface area contributed by atoms with Crippen LogP contribution in [0.2, 0.25) is 0 Å². The van der Waals surface area contributed by atoms with Gasteiger partial charge in [-0.25, -0.2) is 5.43 Å². The summed E-state index contributed by atoms with van der Waals surface area (Å²) in [7, 11) is 7.10. The Bertz CT molecular complexity index is 2610. The molecule has 7 rings (SSSR count). The Morgan fingerprint density at radius 1 is 1.01 bits per heavy atom. The number of fused-ring (bicyclic) bond motifs is 6. The molecule has 20 heteroatoms. The van der Waals surface area contributed by atoms with E-state index in [-0.39, 0.29) is 104 Å². The van der Waals surface area contributed by atoms with Crippen molar-refractivity contribution in [2.75, 3.05) is 61.0 Å². The highest BCUT2D eigenvalue weighted by molar-refractivity contribution is 7.59. The molecule has 3 aliphatic heterocycles. The van der Waals surface area contributed by atoms with Crippen molar-refractivity contribution < 1.29 is 38.6 Å². The zero-order chi connectivity index (χ0) is 49.7. The van der Waals surface area contributed by atoms with Gasteiger partial charge in [-0.3, -0.25) is 34.0 Å². The molecular weight excluding hydrogens is 1000 g/mol. The maximum atomic E-state index is 14.8. The minimum absolute atomic E-state index is 0. The van der Waals surface area contributed by atoms with Crippen LogP contribution in [0, 0.1) is 17.3 Å². The number of phenolic OH excluding ortho intramolecular Hbond substituents is 1. The van der Waals surface area contributed by atoms with E-state index in [4.69, 9.17) is 9.47 Å². The van der Waals surface area contributed by atoms with Crippen molar-refractivity contribution in [2.24, 2.45) is 17.3 Å². The summed E-state index contributed by atoms with van der Waals surface area (Å²) in [5.74, 6) is -2.75. The number of hydrazine groups is 1. The number of benzene rings is 2. The molecule has 0 aliphatic carbocycles. The van der Waals surface area contributed by atoms with Gasteiger partial charge in [0.25, 0.3) is 5.91 Å². The Labute approximate surface area is 458 Å². The quantitative estimate of drug-likeness (QED) is 0.116. The number of amides is 4. The van der Waals surface area contributed by atoms with Crippen molar-refractivity contribution in [3.8, 4) is 28.1 Å². The van der Waals surface area contributed by atoms with E-state index in [0.29, 0.717) is 57.5 Å². The summed E-state index contributed by atoms with van der Waals surface area (Å²) in [6, 6.07) is 10.5. The number of likely N-dealkylation sites (tertiary alicyclic amines) is 1. The van der Waals surface area contributed by atoms with E-state index >= 15 is 0 Å². The number of methoxy groups -OCH3 is 1. The number of ether oxygens (including phenoxy) is 2. The molecule has 4 amide bonds. The molecule has 6 bridgehead atoms. The van der Waals surface area contributed by atoms with Crippen LogP contribution in [-0.2, 0) is 59.4 Å². The average Bonchev–Trinajstić information content (AvgIpc) is 3.93. The number of hydrogen-bond acceptors (Lipinski definition) is 11. The van der Waals surface area contributed by atoms with E-state index in [2.05, 4.69) is 53.2 Å². The Balaban J connectivity index is 0.00000352. The number of rotatable bonds is 12. The number of aryl methyl sites for hydroxylation is 1. The van der Waals surface area contributed by atoms with Gasteiger partial charge in [-0.05, 0) is 111 Å². The maximum Gasteiger partial charge on any atom is 0.324 e. The van der Waals surface area contributed by atoms with E-state index in [1.54, 1.807) is 43.5 Å². The molecule has 0 spiro atoms. The summed E-state index contributed by atoms with van der Waals surface area (Å²) in [5, 5.41) is 16.8. The number of carbonyl (C=O) groups is 5. The number of cyclic esters (lactones) is 1. The summed E-state index contributed by atoms with van der Waals surface area (Å²) in [4.78, 5) is 80.0. The van der Waals surface area contributed by atoms with Crippen molar-refractivity contribution in [2.45, 2.75) is 98.0 Å². The van der Waals surface area contributed by atoms with Gasteiger partial charge in [-0.15, -0.1) is 0 Å². The molecule has 5 heterocycles. The molecular formula is C53H78N8O8S4. The molecule has 0 radical (unpaired) electrons. The number of hydrogen-bond donors (Lipinski definition) is 3. The number of phenols is 1. The average molecular weight is 1080 g/mol. The van der Waals surface area contributed by atoms with Crippen LogP contribution in [-0.4, -0.2) is 143 Å². The molecule has 4 aromatic rings. The first-order valence-electron chi connectivity index (χ1n) is 24.2. The van der Waals surface area contributed by atoms with Gasteiger partial charge in [0.05, 0.1) is 24.8 Å². The van der Waals surface area contributed by atoms with Crippen LogP contribution in [0.15, 0.2) is 67.0 Å². The fourth-order valence-electron chi connectivity index (χ4n) is 10.2. The van der Waals surface area contributed by atoms with Crippen LogP contribution < -0.4 is 10.7 Å². The molecule has 0 unspecified atom stereocenters. The molecule has 4 atom stereocenters. The van der Waals surface area contributed by atoms with Crippen molar-refractivity contribution >= 4 is 94.5 Å². The lowest BCUT2D eigenvalue weighted by molar-refractivity contribution is -0.155. The Morgan fingerprint density at radius 3 is 2.44 bits per heavy atom. The topological polar surface area (TPSA) is 179 Å². The summed E-state index contributed by atoms with van der Waals surface area (Å²) < 4.78 is 14.0. The van der Waals surface area contributed by atoms with E-state index < -0.39 is 47.2 Å². The third-order valence-electron chi connectivity index (χ3n) is 13.6. The molecule has 73 heavy (non-hydrogen) atoms. The number of aromatic nitrogens is 2. The number of nitrogens with zero attached hydrogens (tertiary/aromatic N) is 6. The van der Waals surface area contributed by atoms with Crippen molar-refractivity contribution in [1.29, 1.82) is 0 Å². The molecule has 3 N–H and O–H groups in total. The van der Waals surface area contributed by atoms with Crippen LogP contribution >= 0.6 is 54.0 Å². The molecule has 402 valence electrons. The molecule has 0 saturated carbocycles. The van der Waals surface area contributed by atoms with Gasteiger partial charge in [-0.2, -0.15) is 54.0 Å². The highest BCUT2D eigenvalue weighted by Gasteiger charge is 2.40.